The molecule has 0 aromatic carbocycles. The number of fused-ring (bicyclic) bond motifs is 4. The number of rotatable bonds is 4. The van der Waals surface area contributed by atoms with Crippen molar-refractivity contribution in [2.45, 2.75) is 32.1 Å². The molecule has 2 nitrogen and oxygen atoms in total. The zero-order valence-corrected chi connectivity index (χ0v) is 13.9. The maximum absolute atomic E-state index is 9.89. The molecule has 0 radical (unpaired) electrons. The molecule has 5 aliphatic rings. The van der Waals surface area contributed by atoms with Crippen LogP contribution in [0.25, 0.3) is 0 Å². The summed E-state index contributed by atoms with van der Waals surface area (Å²) in [6.45, 7) is 0.765. The van der Waals surface area contributed by atoms with Crippen molar-refractivity contribution in [1.82, 2.24) is 0 Å². The Kier molecular flexibility index (Phi) is 3.49. The number of hydrogen-bond donors (Lipinski definition) is 2. The van der Waals surface area contributed by atoms with Gasteiger partial charge in [-0.1, -0.05) is 24.3 Å². The van der Waals surface area contributed by atoms with Crippen molar-refractivity contribution in [2.24, 2.45) is 59.2 Å². The molecule has 0 aromatic heterocycles. The Morgan fingerprint density at radius 1 is 0.609 bits per heavy atom. The number of allylic oxidation sites excluding steroid dienone is 4. The van der Waals surface area contributed by atoms with Gasteiger partial charge in [0.1, 0.15) is 0 Å². The summed E-state index contributed by atoms with van der Waals surface area (Å²) in [7, 11) is 0. The quantitative estimate of drug-likeness (QED) is 0.782. The summed E-state index contributed by atoms with van der Waals surface area (Å²) < 4.78 is 0. The van der Waals surface area contributed by atoms with Crippen LogP contribution in [0.1, 0.15) is 32.1 Å². The first kappa shape index (κ1) is 14.7. The van der Waals surface area contributed by atoms with Crippen molar-refractivity contribution in [2.75, 3.05) is 13.2 Å². The minimum absolute atomic E-state index is 0.382. The van der Waals surface area contributed by atoms with E-state index in [4.69, 9.17) is 0 Å². The summed E-state index contributed by atoms with van der Waals surface area (Å²) in [6.07, 6.45) is 16.3. The molecule has 0 aliphatic heterocycles. The molecule has 10 atom stereocenters. The van der Waals surface area contributed by atoms with Crippen LogP contribution in [-0.4, -0.2) is 23.4 Å². The largest absolute Gasteiger partial charge is 0.396 e. The van der Waals surface area contributed by atoms with E-state index in [9.17, 15) is 10.2 Å². The first-order valence-electron chi connectivity index (χ1n) is 9.88. The van der Waals surface area contributed by atoms with E-state index in [2.05, 4.69) is 24.3 Å². The molecule has 5 rings (SSSR count). The Labute approximate surface area is 139 Å². The monoisotopic (exact) mass is 314 g/mol. The van der Waals surface area contributed by atoms with Crippen molar-refractivity contribution < 1.29 is 10.2 Å². The summed E-state index contributed by atoms with van der Waals surface area (Å²) in [5.74, 6) is 6.98. The number of aliphatic hydroxyl groups excluding tert-OH is 2. The van der Waals surface area contributed by atoms with Crippen LogP contribution in [0, 0.1) is 59.2 Å². The van der Waals surface area contributed by atoms with Gasteiger partial charge in [0.25, 0.3) is 0 Å². The fourth-order valence-corrected chi connectivity index (χ4v) is 7.59. The molecule has 0 heterocycles. The van der Waals surface area contributed by atoms with Gasteiger partial charge in [-0.05, 0) is 91.3 Å². The SMILES string of the molecule is OCC1[C@@H](C2CCC([C@H]3C(CO)[C@H]4C=C[C@@H]3C4)C2)[C@H]2C=C[C@@H]1C2. The fraction of sp³-hybridized carbons (Fsp3) is 0.810. The predicted octanol–water partition coefficient (Wildman–Crippen LogP) is 3.26. The summed E-state index contributed by atoms with van der Waals surface area (Å²) in [4.78, 5) is 0. The highest BCUT2D eigenvalue weighted by atomic mass is 16.3. The highest BCUT2D eigenvalue weighted by Gasteiger charge is 2.52. The van der Waals surface area contributed by atoms with Crippen LogP contribution < -0.4 is 0 Å². The first-order chi connectivity index (χ1) is 11.3. The van der Waals surface area contributed by atoms with Gasteiger partial charge >= 0.3 is 0 Å². The van der Waals surface area contributed by atoms with Gasteiger partial charge in [-0.3, -0.25) is 0 Å². The van der Waals surface area contributed by atoms with Crippen molar-refractivity contribution in [3.63, 3.8) is 0 Å². The highest BCUT2D eigenvalue weighted by Crippen LogP contribution is 2.59. The third-order valence-electron chi connectivity index (χ3n) is 8.40. The molecule has 0 aromatic rings. The van der Waals surface area contributed by atoms with Crippen LogP contribution in [-0.2, 0) is 0 Å². The standard InChI is InChI=1S/C21H30O2/c22-10-18-12-1-3-14(7-12)20(18)16-5-6-17(9-16)21-15-4-2-13(8-15)19(21)11-23/h1-4,12-23H,5-11H2/t12-,13+,14+,15-,16?,17?,18?,19?,20-,21+. The molecule has 2 heteroatoms. The summed E-state index contributed by atoms with van der Waals surface area (Å²) in [5, 5.41) is 19.8. The smallest absolute Gasteiger partial charge is 0.0467 e. The average molecular weight is 314 g/mol. The minimum Gasteiger partial charge on any atom is -0.396 e. The van der Waals surface area contributed by atoms with Crippen molar-refractivity contribution in [3.8, 4) is 0 Å². The molecule has 3 saturated carbocycles. The van der Waals surface area contributed by atoms with E-state index in [1.807, 2.05) is 0 Å². The molecule has 5 aliphatic carbocycles. The second-order valence-electron chi connectivity index (χ2n) is 9.08. The molecule has 4 bridgehead atoms. The lowest BCUT2D eigenvalue weighted by atomic mass is 9.71. The Balaban J connectivity index is 1.32. The summed E-state index contributed by atoms with van der Waals surface area (Å²) in [5.41, 5.74) is 0. The lowest BCUT2D eigenvalue weighted by Gasteiger charge is -2.34. The Morgan fingerprint density at radius 2 is 1.04 bits per heavy atom. The van der Waals surface area contributed by atoms with E-state index in [1.165, 1.54) is 32.1 Å². The van der Waals surface area contributed by atoms with Gasteiger partial charge in [0.05, 0.1) is 0 Å². The molecule has 0 saturated heterocycles. The maximum Gasteiger partial charge on any atom is 0.0467 e. The van der Waals surface area contributed by atoms with E-state index in [0.717, 1.165) is 35.5 Å². The van der Waals surface area contributed by atoms with Crippen LogP contribution in [0.5, 0.6) is 0 Å². The predicted molar refractivity (Wildman–Crippen MR) is 90.4 cm³/mol. The van der Waals surface area contributed by atoms with Crippen LogP contribution in [0.2, 0.25) is 0 Å². The maximum atomic E-state index is 9.89. The van der Waals surface area contributed by atoms with E-state index in [1.54, 1.807) is 0 Å². The zero-order valence-electron chi connectivity index (χ0n) is 13.9. The Morgan fingerprint density at radius 3 is 1.48 bits per heavy atom. The first-order valence-corrected chi connectivity index (χ1v) is 9.88. The second kappa shape index (κ2) is 5.46. The number of aliphatic hydroxyl groups is 2. The lowest BCUT2D eigenvalue weighted by Crippen LogP contribution is -2.31. The van der Waals surface area contributed by atoms with E-state index in [-0.39, 0.29) is 0 Å². The van der Waals surface area contributed by atoms with Gasteiger partial charge < -0.3 is 10.2 Å². The van der Waals surface area contributed by atoms with E-state index < -0.39 is 0 Å². The molecular weight excluding hydrogens is 284 g/mol. The average Bonchev–Trinajstić information content (AvgIpc) is 3.38. The highest BCUT2D eigenvalue weighted by molar-refractivity contribution is 5.17. The van der Waals surface area contributed by atoms with Gasteiger partial charge in [-0.25, -0.2) is 0 Å². The Bertz CT molecular complexity index is 478. The topological polar surface area (TPSA) is 40.5 Å². The van der Waals surface area contributed by atoms with Crippen molar-refractivity contribution in [1.29, 1.82) is 0 Å². The van der Waals surface area contributed by atoms with Gasteiger partial charge in [-0.15, -0.1) is 0 Å². The molecule has 3 fully saturated rings. The minimum atomic E-state index is 0.382. The molecule has 2 N–H and O–H groups in total. The third-order valence-corrected chi connectivity index (χ3v) is 8.40. The third kappa shape index (κ3) is 2.07. The van der Waals surface area contributed by atoms with Crippen LogP contribution in [0.15, 0.2) is 24.3 Å². The van der Waals surface area contributed by atoms with Crippen molar-refractivity contribution in [3.05, 3.63) is 24.3 Å². The molecule has 4 unspecified atom stereocenters. The van der Waals surface area contributed by atoms with Crippen LogP contribution in [0.4, 0.5) is 0 Å². The fourth-order valence-electron chi connectivity index (χ4n) is 7.59. The zero-order chi connectivity index (χ0) is 15.6. The molecule has 23 heavy (non-hydrogen) atoms. The van der Waals surface area contributed by atoms with Gasteiger partial charge in [0, 0.05) is 13.2 Å². The van der Waals surface area contributed by atoms with Gasteiger partial charge in [0.2, 0.25) is 0 Å². The Hall–Kier alpha value is -0.600. The normalized spacial score (nSPS) is 56.3. The van der Waals surface area contributed by atoms with E-state index >= 15 is 0 Å². The molecule has 0 spiro atoms. The second-order valence-corrected chi connectivity index (χ2v) is 9.08. The lowest BCUT2D eigenvalue weighted by molar-refractivity contribution is 0.107. The molecule has 126 valence electrons. The molecular formula is C21H30O2. The van der Waals surface area contributed by atoms with E-state index in [0.29, 0.717) is 36.9 Å². The van der Waals surface area contributed by atoms with Crippen molar-refractivity contribution >= 4 is 0 Å². The summed E-state index contributed by atoms with van der Waals surface area (Å²) in [6, 6.07) is 0. The number of hydrogen-bond acceptors (Lipinski definition) is 2. The van der Waals surface area contributed by atoms with Gasteiger partial charge in [-0.2, -0.15) is 0 Å². The summed E-state index contributed by atoms with van der Waals surface area (Å²) >= 11 is 0. The molecule has 0 amide bonds. The van der Waals surface area contributed by atoms with Crippen LogP contribution >= 0.6 is 0 Å². The van der Waals surface area contributed by atoms with Crippen LogP contribution in [0.3, 0.4) is 0 Å². The van der Waals surface area contributed by atoms with Gasteiger partial charge in [0.15, 0.2) is 0 Å².